The molecule has 6 nitrogen and oxygen atoms in total. The van der Waals surface area contributed by atoms with Gasteiger partial charge in [0.05, 0.1) is 11.4 Å². The second-order valence-electron chi connectivity index (χ2n) is 6.17. The van der Waals surface area contributed by atoms with E-state index in [9.17, 15) is 8.42 Å². The standard InChI is InChI=1S/C16H20N4O2S/c1-2-23(21,22)20-9-7-11-12(4-3-5-14(11)20)15-13-6-8-17-16(13)19-10-18-15/h4,6,8,10-11,14H,2-3,5,7,9H2,1H3,(H,17,18,19). The molecule has 2 aromatic heterocycles. The zero-order valence-electron chi connectivity index (χ0n) is 13.1. The second kappa shape index (κ2) is 5.42. The number of nitrogens with one attached hydrogen (secondary N) is 1. The molecule has 122 valence electrons. The smallest absolute Gasteiger partial charge is 0.214 e. The first-order valence-electron chi connectivity index (χ1n) is 8.10. The molecular formula is C16H20N4O2S. The molecular weight excluding hydrogens is 312 g/mol. The first-order chi connectivity index (χ1) is 11.1. The lowest BCUT2D eigenvalue weighted by molar-refractivity contribution is 0.343. The van der Waals surface area contributed by atoms with Crippen molar-refractivity contribution in [1.29, 1.82) is 0 Å². The number of allylic oxidation sites excluding steroid dienone is 1. The van der Waals surface area contributed by atoms with E-state index in [1.807, 2.05) is 12.3 Å². The van der Waals surface area contributed by atoms with Gasteiger partial charge in [-0.1, -0.05) is 6.08 Å². The van der Waals surface area contributed by atoms with Gasteiger partial charge in [-0.2, -0.15) is 4.31 Å². The zero-order chi connectivity index (χ0) is 16.0. The van der Waals surface area contributed by atoms with Gasteiger partial charge in [0, 0.05) is 30.1 Å². The fourth-order valence-corrected chi connectivity index (χ4v) is 5.36. The van der Waals surface area contributed by atoms with Crippen molar-refractivity contribution in [2.24, 2.45) is 5.92 Å². The number of hydrogen-bond donors (Lipinski definition) is 1. The number of sulfonamides is 1. The van der Waals surface area contributed by atoms with Crippen molar-refractivity contribution in [2.75, 3.05) is 12.3 Å². The average Bonchev–Trinajstić information content (AvgIpc) is 3.21. The van der Waals surface area contributed by atoms with Crippen LogP contribution in [0.3, 0.4) is 0 Å². The van der Waals surface area contributed by atoms with Gasteiger partial charge in [-0.15, -0.1) is 0 Å². The van der Waals surface area contributed by atoms with Crippen LogP contribution in [0.2, 0.25) is 0 Å². The Balaban J connectivity index is 1.75. The Hall–Kier alpha value is -1.73. The minimum atomic E-state index is -3.14. The van der Waals surface area contributed by atoms with Crippen molar-refractivity contribution in [1.82, 2.24) is 19.3 Å². The molecule has 2 unspecified atom stereocenters. The number of rotatable bonds is 3. The minimum Gasteiger partial charge on any atom is -0.346 e. The van der Waals surface area contributed by atoms with Crippen LogP contribution >= 0.6 is 0 Å². The normalized spacial score (nSPS) is 25.5. The molecule has 1 saturated heterocycles. The molecule has 2 atom stereocenters. The highest BCUT2D eigenvalue weighted by molar-refractivity contribution is 7.89. The first-order valence-corrected chi connectivity index (χ1v) is 9.71. The van der Waals surface area contributed by atoms with Gasteiger partial charge in [0.25, 0.3) is 0 Å². The lowest BCUT2D eigenvalue weighted by atomic mass is 9.82. The van der Waals surface area contributed by atoms with E-state index in [1.165, 1.54) is 5.57 Å². The van der Waals surface area contributed by atoms with Crippen LogP contribution in [-0.2, 0) is 10.0 Å². The average molecular weight is 332 g/mol. The first kappa shape index (κ1) is 14.8. The largest absolute Gasteiger partial charge is 0.346 e. The maximum Gasteiger partial charge on any atom is 0.214 e. The van der Waals surface area contributed by atoms with E-state index < -0.39 is 10.0 Å². The van der Waals surface area contributed by atoms with Gasteiger partial charge >= 0.3 is 0 Å². The van der Waals surface area contributed by atoms with E-state index >= 15 is 0 Å². The highest BCUT2D eigenvalue weighted by Crippen LogP contribution is 2.43. The van der Waals surface area contributed by atoms with Gasteiger partial charge < -0.3 is 4.98 Å². The van der Waals surface area contributed by atoms with Gasteiger partial charge in [-0.05, 0) is 37.8 Å². The van der Waals surface area contributed by atoms with Crippen molar-refractivity contribution in [3.05, 3.63) is 30.4 Å². The summed E-state index contributed by atoms with van der Waals surface area (Å²) < 4.78 is 26.4. The Labute approximate surface area is 135 Å². The van der Waals surface area contributed by atoms with E-state index in [0.29, 0.717) is 6.54 Å². The molecule has 2 aromatic rings. The molecule has 1 N–H and O–H groups in total. The summed E-state index contributed by atoms with van der Waals surface area (Å²) >= 11 is 0. The molecule has 0 aromatic carbocycles. The van der Waals surface area contributed by atoms with E-state index in [2.05, 4.69) is 21.0 Å². The number of H-pyrrole nitrogens is 1. The lowest BCUT2D eigenvalue weighted by Crippen LogP contribution is -2.40. The predicted octanol–water partition coefficient (Wildman–Crippen LogP) is 2.18. The predicted molar refractivity (Wildman–Crippen MR) is 89.2 cm³/mol. The summed E-state index contributed by atoms with van der Waals surface area (Å²) in [5, 5.41) is 1.01. The summed E-state index contributed by atoms with van der Waals surface area (Å²) in [5.41, 5.74) is 2.96. The van der Waals surface area contributed by atoms with Crippen molar-refractivity contribution in [3.63, 3.8) is 0 Å². The van der Waals surface area contributed by atoms with E-state index in [1.54, 1.807) is 17.6 Å². The fraction of sp³-hybridized carbons (Fsp3) is 0.500. The van der Waals surface area contributed by atoms with Gasteiger partial charge in [0.1, 0.15) is 12.0 Å². The van der Waals surface area contributed by atoms with Crippen LogP contribution in [0.1, 0.15) is 31.9 Å². The molecule has 23 heavy (non-hydrogen) atoms. The van der Waals surface area contributed by atoms with Crippen molar-refractivity contribution >= 4 is 26.6 Å². The van der Waals surface area contributed by atoms with Crippen LogP contribution in [0, 0.1) is 5.92 Å². The summed E-state index contributed by atoms with van der Waals surface area (Å²) in [6.07, 6.45) is 8.33. The summed E-state index contributed by atoms with van der Waals surface area (Å²) in [7, 11) is -3.14. The molecule has 1 aliphatic heterocycles. The Kier molecular flexibility index (Phi) is 3.50. The molecule has 0 saturated carbocycles. The molecule has 0 amide bonds. The fourth-order valence-electron chi connectivity index (χ4n) is 3.98. The Morgan fingerprint density at radius 2 is 2.22 bits per heavy atom. The Bertz CT molecular complexity index is 871. The third-order valence-corrected chi connectivity index (χ3v) is 6.97. The van der Waals surface area contributed by atoms with E-state index in [0.717, 1.165) is 36.0 Å². The van der Waals surface area contributed by atoms with Crippen molar-refractivity contribution in [3.8, 4) is 0 Å². The number of fused-ring (bicyclic) bond motifs is 2. The van der Waals surface area contributed by atoms with Crippen LogP contribution in [-0.4, -0.2) is 46.0 Å². The third kappa shape index (κ3) is 2.30. The van der Waals surface area contributed by atoms with Gasteiger partial charge in [0.15, 0.2) is 0 Å². The quantitative estimate of drug-likeness (QED) is 0.934. The summed E-state index contributed by atoms with van der Waals surface area (Å²) in [6, 6.07) is 2.06. The van der Waals surface area contributed by atoms with E-state index in [4.69, 9.17) is 0 Å². The SMILES string of the molecule is CCS(=O)(=O)N1CCC2C(c3ncnc4[nH]ccc34)=CCCC21. The van der Waals surface area contributed by atoms with Gasteiger partial charge in [0.2, 0.25) is 10.0 Å². The second-order valence-corrected chi connectivity index (χ2v) is 8.38. The third-order valence-electron chi connectivity index (χ3n) is 5.07. The molecule has 0 spiro atoms. The molecule has 0 bridgehead atoms. The molecule has 3 heterocycles. The monoisotopic (exact) mass is 332 g/mol. The number of aromatic nitrogens is 3. The minimum absolute atomic E-state index is 0.0731. The Morgan fingerprint density at radius 3 is 3.04 bits per heavy atom. The van der Waals surface area contributed by atoms with Crippen LogP contribution in [0.25, 0.3) is 16.6 Å². The highest BCUT2D eigenvalue weighted by atomic mass is 32.2. The van der Waals surface area contributed by atoms with Gasteiger partial charge in [-0.3, -0.25) is 0 Å². The molecule has 1 fully saturated rings. The van der Waals surface area contributed by atoms with Crippen molar-refractivity contribution in [2.45, 2.75) is 32.2 Å². The van der Waals surface area contributed by atoms with E-state index in [-0.39, 0.29) is 17.7 Å². The van der Waals surface area contributed by atoms with Gasteiger partial charge in [-0.25, -0.2) is 18.4 Å². The molecule has 4 rings (SSSR count). The lowest BCUT2D eigenvalue weighted by Gasteiger charge is -2.31. The molecule has 7 heteroatoms. The Morgan fingerprint density at radius 1 is 1.35 bits per heavy atom. The molecule has 0 radical (unpaired) electrons. The van der Waals surface area contributed by atoms with Crippen LogP contribution in [0.15, 0.2) is 24.7 Å². The maximum atomic E-state index is 12.3. The molecule has 1 aliphatic carbocycles. The topological polar surface area (TPSA) is 79.0 Å². The summed E-state index contributed by atoms with van der Waals surface area (Å²) in [4.78, 5) is 11.9. The molecule has 2 aliphatic rings. The number of aromatic amines is 1. The summed E-state index contributed by atoms with van der Waals surface area (Å²) in [5.74, 6) is 0.406. The van der Waals surface area contributed by atoms with Crippen LogP contribution in [0.5, 0.6) is 0 Å². The maximum absolute atomic E-state index is 12.3. The van der Waals surface area contributed by atoms with Crippen LogP contribution < -0.4 is 0 Å². The number of hydrogen-bond acceptors (Lipinski definition) is 4. The van der Waals surface area contributed by atoms with Crippen molar-refractivity contribution < 1.29 is 8.42 Å². The zero-order valence-corrected chi connectivity index (χ0v) is 13.9. The number of nitrogens with zero attached hydrogens (tertiary/aromatic N) is 3. The highest BCUT2D eigenvalue weighted by Gasteiger charge is 2.43. The summed E-state index contributed by atoms with van der Waals surface area (Å²) in [6.45, 7) is 2.33. The van der Waals surface area contributed by atoms with Crippen LogP contribution in [0.4, 0.5) is 0 Å².